The minimum absolute atomic E-state index is 0.232. The van der Waals surface area contributed by atoms with Gasteiger partial charge in [0.1, 0.15) is 0 Å². The predicted octanol–water partition coefficient (Wildman–Crippen LogP) is 2.73. The van der Waals surface area contributed by atoms with Crippen LogP contribution in [0, 0.1) is 11.3 Å². The average Bonchev–Trinajstić information content (AvgIpc) is 2.01. The summed E-state index contributed by atoms with van der Waals surface area (Å²) in [4.78, 5) is 3.99. The smallest absolute Gasteiger partial charge is 0.0422 e. The van der Waals surface area contributed by atoms with Gasteiger partial charge in [-0.25, -0.2) is 0 Å². The summed E-state index contributed by atoms with van der Waals surface area (Å²) in [6, 6.07) is 0. The van der Waals surface area contributed by atoms with E-state index in [0.29, 0.717) is 5.92 Å². The van der Waals surface area contributed by atoms with Crippen molar-refractivity contribution < 1.29 is 0 Å². The van der Waals surface area contributed by atoms with Gasteiger partial charge in [0.15, 0.2) is 0 Å². The molecule has 0 fully saturated rings. The maximum Gasteiger partial charge on any atom is 0.0422 e. The van der Waals surface area contributed by atoms with Crippen LogP contribution in [0.3, 0.4) is 0 Å². The molecule has 0 rings (SSSR count). The van der Waals surface area contributed by atoms with Crippen LogP contribution in [0.15, 0.2) is 29.5 Å². The molecule has 0 unspecified atom stereocenters. The van der Waals surface area contributed by atoms with E-state index in [1.54, 1.807) is 12.4 Å². The topological polar surface area (TPSA) is 38.4 Å². The zero-order chi connectivity index (χ0) is 10.5. The molecular weight excluding hydrogens is 160 g/mol. The van der Waals surface area contributed by atoms with Crippen molar-refractivity contribution in [2.24, 2.45) is 22.1 Å². The highest BCUT2D eigenvalue weighted by atomic mass is 14.7. The van der Waals surface area contributed by atoms with Gasteiger partial charge in [-0.15, -0.1) is 0 Å². The van der Waals surface area contributed by atoms with Gasteiger partial charge >= 0.3 is 0 Å². The summed E-state index contributed by atoms with van der Waals surface area (Å²) in [5.74, 6) is 0.419. The van der Waals surface area contributed by atoms with Gasteiger partial charge in [0, 0.05) is 18.6 Å². The zero-order valence-electron chi connectivity index (χ0n) is 9.04. The third kappa shape index (κ3) is 4.51. The maximum atomic E-state index is 5.15. The van der Waals surface area contributed by atoms with E-state index in [4.69, 9.17) is 5.73 Å². The number of hydrogen-bond donors (Lipinski definition) is 1. The Morgan fingerprint density at radius 2 is 2.00 bits per heavy atom. The fraction of sp³-hybridized carbons (Fsp3) is 0.545. The highest BCUT2D eigenvalue weighted by Crippen LogP contribution is 2.29. The van der Waals surface area contributed by atoms with Gasteiger partial charge < -0.3 is 5.73 Å². The highest BCUT2D eigenvalue weighted by Gasteiger charge is 2.21. The Morgan fingerprint density at radius 3 is 2.38 bits per heavy atom. The molecule has 2 heteroatoms. The van der Waals surface area contributed by atoms with Crippen LogP contribution in [0.25, 0.3) is 0 Å². The van der Waals surface area contributed by atoms with Gasteiger partial charge in [-0.1, -0.05) is 34.3 Å². The minimum Gasteiger partial charge on any atom is -0.403 e. The monoisotopic (exact) mass is 180 g/mol. The first-order chi connectivity index (χ1) is 5.89. The zero-order valence-corrected chi connectivity index (χ0v) is 9.04. The van der Waals surface area contributed by atoms with Crippen LogP contribution >= 0.6 is 0 Å². The van der Waals surface area contributed by atoms with Crippen LogP contribution in [-0.2, 0) is 0 Å². The molecule has 2 nitrogen and oxygen atoms in total. The summed E-state index contributed by atoms with van der Waals surface area (Å²) in [7, 11) is 0. The normalized spacial score (nSPS) is 15.4. The molecular formula is C11H20N2. The van der Waals surface area contributed by atoms with E-state index in [9.17, 15) is 0 Å². The van der Waals surface area contributed by atoms with Gasteiger partial charge in [0.05, 0.1) is 0 Å². The Morgan fingerprint density at radius 1 is 1.46 bits per heavy atom. The van der Waals surface area contributed by atoms with Crippen molar-refractivity contribution in [3.05, 3.63) is 24.6 Å². The molecule has 0 aromatic carbocycles. The highest BCUT2D eigenvalue weighted by molar-refractivity contribution is 5.78. The molecule has 0 aliphatic rings. The quantitative estimate of drug-likeness (QED) is 0.666. The van der Waals surface area contributed by atoms with Crippen molar-refractivity contribution in [2.75, 3.05) is 0 Å². The fourth-order valence-electron chi connectivity index (χ4n) is 0.856. The fourth-order valence-corrected chi connectivity index (χ4v) is 0.856. The molecule has 0 radical (unpaired) electrons. The van der Waals surface area contributed by atoms with E-state index in [1.807, 2.05) is 0 Å². The predicted molar refractivity (Wildman–Crippen MR) is 59.6 cm³/mol. The third-order valence-electron chi connectivity index (χ3n) is 2.27. The van der Waals surface area contributed by atoms with Crippen molar-refractivity contribution in [1.82, 2.24) is 0 Å². The lowest BCUT2D eigenvalue weighted by atomic mass is 9.78. The molecule has 0 aromatic heterocycles. The van der Waals surface area contributed by atoms with Crippen molar-refractivity contribution >= 4 is 6.21 Å². The molecule has 0 aliphatic heterocycles. The van der Waals surface area contributed by atoms with Crippen LogP contribution in [0.1, 0.15) is 27.7 Å². The molecule has 0 aromatic rings. The summed E-state index contributed by atoms with van der Waals surface area (Å²) in [6.45, 7) is 12.7. The maximum absolute atomic E-state index is 5.15. The number of hydrogen-bond acceptors (Lipinski definition) is 2. The molecule has 74 valence electrons. The number of nitrogens with zero attached hydrogens (tertiary/aromatic N) is 1. The van der Waals surface area contributed by atoms with Gasteiger partial charge in [-0.3, -0.25) is 4.99 Å². The molecule has 13 heavy (non-hydrogen) atoms. The second-order valence-electron chi connectivity index (χ2n) is 4.28. The van der Waals surface area contributed by atoms with Crippen molar-refractivity contribution in [1.29, 1.82) is 0 Å². The van der Waals surface area contributed by atoms with Crippen molar-refractivity contribution in [3.8, 4) is 0 Å². The van der Waals surface area contributed by atoms with Gasteiger partial charge in [0.25, 0.3) is 0 Å². The molecule has 0 aliphatic carbocycles. The lowest BCUT2D eigenvalue weighted by Gasteiger charge is -2.27. The summed E-state index contributed by atoms with van der Waals surface area (Å²) >= 11 is 0. The standard InChI is InChI=1S/C11H20N2/c1-9(8-13-7-6-12)10(2)11(3,4)5/h6-8,10H,1,12H2,2-5H3/b7-6-,13-8?/t10-/m1/s1. The van der Waals surface area contributed by atoms with E-state index in [1.165, 1.54) is 6.20 Å². The number of nitrogens with two attached hydrogens (primary N) is 1. The van der Waals surface area contributed by atoms with E-state index in [2.05, 4.69) is 39.3 Å². The summed E-state index contributed by atoms with van der Waals surface area (Å²) in [6.07, 6.45) is 4.73. The first-order valence-corrected chi connectivity index (χ1v) is 4.48. The molecule has 0 heterocycles. The van der Waals surface area contributed by atoms with Crippen LogP contribution < -0.4 is 5.73 Å². The minimum atomic E-state index is 0.232. The van der Waals surface area contributed by atoms with Crippen LogP contribution in [0.2, 0.25) is 0 Å². The van der Waals surface area contributed by atoms with Gasteiger partial charge in [0.2, 0.25) is 0 Å². The molecule has 2 N–H and O–H groups in total. The summed E-state index contributed by atoms with van der Waals surface area (Å²) in [5.41, 5.74) is 6.42. The Labute approximate surface area is 81.2 Å². The number of rotatable bonds is 3. The van der Waals surface area contributed by atoms with E-state index in [0.717, 1.165) is 5.57 Å². The molecule has 0 bridgehead atoms. The third-order valence-corrected chi connectivity index (χ3v) is 2.27. The Balaban J connectivity index is 4.28. The average molecular weight is 180 g/mol. The van der Waals surface area contributed by atoms with E-state index < -0.39 is 0 Å². The second-order valence-corrected chi connectivity index (χ2v) is 4.28. The van der Waals surface area contributed by atoms with Crippen LogP contribution in [0.4, 0.5) is 0 Å². The Bertz CT molecular complexity index is 219. The van der Waals surface area contributed by atoms with Crippen molar-refractivity contribution in [3.63, 3.8) is 0 Å². The first-order valence-electron chi connectivity index (χ1n) is 4.48. The van der Waals surface area contributed by atoms with Crippen LogP contribution in [-0.4, -0.2) is 6.21 Å². The molecule has 0 saturated carbocycles. The molecule has 1 atom stereocenters. The van der Waals surface area contributed by atoms with E-state index in [-0.39, 0.29) is 5.41 Å². The first kappa shape index (κ1) is 11.9. The molecule has 0 amide bonds. The Kier molecular flexibility index (Phi) is 4.46. The SMILES string of the molecule is C=C(C=N/C=C\N)[C@@H](C)C(C)(C)C. The van der Waals surface area contributed by atoms with Crippen molar-refractivity contribution in [2.45, 2.75) is 27.7 Å². The number of aliphatic imine (C=N–C) groups is 1. The molecule has 0 saturated heterocycles. The summed E-state index contributed by atoms with van der Waals surface area (Å²) < 4.78 is 0. The Hall–Kier alpha value is -1.05. The lowest BCUT2D eigenvalue weighted by molar-refractivity contribution is 0.308. The van der Waals surface area contributed by atoms with Gasteiger partial charge in [-0.2, -0.15) is 0 Å². The van der Waals surface area contributed by atoms with Crippen LogP contribution in [0.5, 0.6) is 0 Å². The van der Waals surface area contributed by atoms with E-state index >= 15 is 0 Å². The lowest BCUT2D eigenvalue weighted by Crippen LogP contribution is -2.19. The van der Waals surface area contributed by atoms with Gasteiger partial charge in [-0.05, 0) is 16.9 Å². The second kappa shape index (κ2) is 4.85. The summed E-state index contributed by atoms with van der Waals surface area (Å²) in [5, 5.41) is 0. The number of allylic oxidation sites excluding steroid dienone is 1. The molecule has 0 spiro atoms. The largest absolute Gasteiger partial charge is 0.403 e.